The van der Waals surface area contributed by atoms with E-state index >= 15 is 0 Å². The van der Waals surface area contributed by atoms with Gasteiger partial charge in [-0.2, -0.15) is 5.06 Å². The highest BCUT2D eigenvalue weighted by Gasteiger charge is 2.37. The average molecular weight is 526 g/mol. The lowest BCUT2D eigenvalue weighted by molar-refractivity contribution is -0.206. The molecule has 1 aliphatic heterocycles. The first-order chi connectivity index (χ1) is 16.1. The third-order valence-electron chi connectivity index (χ3n) is 5.25. The summed E-state index contributed by atoms with van der Waals surface area (Å²) in [6.45, 7) is 0.319. The predicted molar refractivity (Wildman–Crippen MR) is 128 cm³/mol. The predicted octanol–water partition coefficient (Wildman–Crippen LogP) is 5.60. The third-order valence-corrected chi connectivity index (χ3v) is 6.13. The Hall–Kier alpha value is -3.33. The van der Waals surface area contributed by atoms with Crippen LogP contribution in [0.15, 0.2) is 83.7 Å². The van der Waals surface area contributed by atoms with Crippen LogP contribution >= 0.6 is 27.5 Å². The van der Waals surface area contributed by atoms with Crippen LogP contribution in [0.1, 0.15) is 17.2 Å². The number of carbonyl (C=O) groups is 1. The summed E-state index contributed by atoms with van der Waals surface area (Å²) < 4.78 is 0.749. The zero-order valence-electron chi connectivity index (χ0n) is 17.2. The number of hydroxylamine groups is 1. The van der Waals surface area contributed by atoms with Gasteiger partial charge in [0.15, 0.2) is 11.8 Å². The summed E-state index contributed by atoms with van der Waals surface area (Å²) in [6.07, 6.45) is 3.37. The van der Waals surface area contributed by atoms with Gasteiger partial charge in [0, 0.05) is 16.0 Å². The topological polar surface area (TPSA) is 79.5 Å². The van der Waals surface area contributed by atoms with Crippen molar-refractivity contribution < 1.29 is 14.7 Å². The first kappa shape index (κ1) is 21.5. The Morgan fingerprint density at radius 3 is 2.73 bits per heavy atom. The number of benzene rings is 3. The molecule has 0 saturated heterocycles. The third kappa shape index (κ3) is 4.45. The summed E-state index contributed by atoms with van der Waals surface area (Å²) in [5.41, 5.74) is 4.10. The van der Waals surface area contributed by atoms with Crippen LogP contribution in [0.2, 0.25) is 5.02 Å². The van der Waals surface area contributed by atoms with Crippen molar-refractivity contribution in [2.45, 2.75) is 12.6 Å². The number of H-pyrrole nitrogens is 1. The fourth-order valence-corrected chi connectivity index (χ4v) is 4.39. The number of nitrogens with one attached hydrogen (secondary N) is 2. The lowest BCUT2D eigenvalue weighted by Crippen LogP contribution is -2.39. The van der Waals surface area contributed by atoms with Gasteiger partial charge in [-0.3, -0.25) is 4.79 Å². The normalized spacial score (nSPS) is 13.3. The highest BCUT2D eigenvalue weighted by atomic mass is 79.9. The summed E-state index contributed by atoms with van der Waals surface area (Å²) in [6, 6.07) is 19.7. The van der Waals surface area contributed by atoms with Gasteiger partial charge >= 0.3 is 0 Å². The van der Waals surface area contributed by atoms with Crippen LogP contribution in [0.5, 0.6) is 5.75 Å². The van der Waals surface area contributed by atoms with Gasteiger partial charge in [0.2, 0.25) is 5.91 Å². The van der Waals surface area contributed by atoms with Crippen molar-refractivity contribution in [1.82, 2.24) is 15.3 Å². The summed E-state index contributed by atoms with van der Waals surface area (Å²) >= 11 is 9.62. The van der Waals surface area contributed by atoms with Crippen LogP contribution in [0.25, 0.3) is 11.3 Å². The van der Waals surface area contributed by atoms with Crippen molar-refractivity contribution in [1.29, 1.82) is 0 Å². The number of hydrogen-bond acceptors (Lipinski definition) is 5. The van der Waals surface area contributed by atoms with Gasteiger partial charge in [0.05, 0.1) is 18.2 Å². The Morgan fingerprint density at radius 1 is 1.15 bits per heavy atom. The quantitative estimate of drug-likeness (QED) is 0.321. The standard InChI is InChI=1S/C24H18BrClN4O3/c25-19-5-2-6-21-23(19)30(33-32-21)22(24(31)28-12-15-3-1-4-18(26)11-15)17-9-7-16(8-10-17)20-13-27-14-29-20/h1-11,13-14,22H,12H2,(H,27,29)(H,28,31). The molecule has 2 heterocycles. The summed E-state index contributed by atoms with van der Waals surface area (Å²) in [4.78, 5) is 31.5. The number of aromatic amines is 1. The maximum Gasteiger partial charge on any atom is 0.250 e. The van der Waals surface area contributed by atoms with Crippen molar-refractivity contribution in [3.8, 4) is 17.0 Å². The Balaban J connectivity index is 1.47. The molecule has 5 rings (SSSR count). The van der Waals surface area contributed by atoms with Crippen LogP contribution in [0.3, 0.4) is 0 Å². The van der Waals surface area contributed by atoms with Crippen molar-refractivity contribution >= 4 is 39.1 Å². The number of anilines is 1. The van der Waals surface area contributed by atoms with Crippen molar-refractivity contribution in [3.05, 3.63) is 99.9 Å². The van der Waals surface area contributed by atoms with E-state index in [2.05, 4.69) is 31.2 Å². The number of fused-ring (bicyclic) bond motifs is 1. The van der Waals surface area contributed by atoms with E-state index in [1.54, 1.807) is 24.7 Å². The van der Waals surface area contributed by atoms with Gasteiger partial charge in [-0.05, 0) is 56.9 Å². The number of rotatable bonds is 6. The molecule has 0 radical (unpaired) electrons. The van der Waals surface area contributed by atoms with Crippen LogP contribution in [-0.4, -0.2) is 15.9 Å². The van der Waals surface area contributed by atoms with Crippen LogP contribution in [0, 0.1) is 0 Å². The van der Waals surface area contributed by atoms with Gasteiger partial charge in [0.25, 0.3) is 0 Å². The van der Waals surface area contributed by atoms with Crippen LogP contribution < -0.4 is 15.3 Å². The number of halogens is 2. The molecular weight excluding hydrogens is 508 g/mol. The first-order valence-corrected chi connectivity index (χ1v) is 11.3. The van der Waals surface area contributed by atoms with Crippen molar-refractivity contribution in [2.75, 3.05) is 5.06 Å². The first-order valence-electron chi connectivity index (χ1n) is 10.1. The second-order valence-electron chi connectivity index (χ2n) is 7.41. The molecule has 9 heteroatoms. The molecule has 0 saturated carbocycles. The molecule has 1 aliphatic rings. The average Bonchev–Trinajstić information content (AvgIpc) is 3.50. The number of nitrogens with zero attached hydrogens (tertiary/aromatic N) is 2. The van der Waals surface area contributed by atoms with E-state index in [0.717, 1.165) is 26.9 Å². The Kier molecular flexibility index (Phi) is 6.04. The molecule has 33 heavy (non-hydrogen) atoms. The lowest BCUT2D eigenvalue weighted by atomic mass is 10.0. The van der Waals surface area contributed by atoms with E-state index < -0.39 is 6.04 Å². The number of carbonyl (C=O) groups excluding carboxylic acids is 1. The Morgan fingerprint density at radius 2 is 1.97 bits per heavy atom. The largest absolute Gasteiger partial charge is 0.350 e. The van der Waals surface area contributed by atoms with Gasteiger partial charge in [0.1, 0.15) is 5.69 Å². The van der Waals surface area contributed by atoms with Gasteiger partial charge < -0.3 is 15.2 Å². The number of para-hydroxylation sites is 1. The number of aromatic nitrogens is 2. The summed E-state index contributed by atoms with van der Waals surface area (Å²) in [7, 11) is 0. The monoisotopic (exact) mass is 524 g/mol. The van der Waals surface area contributed by atoms with Crippen molar-refractivity contribution in [2.24, 2.45) is 0 Å². The number of hydrogen-bond donors (Lipinski definition) is 2. The molecule has 2 N–H and O–H groups in total. The minimum Gasteiger partial charge on any atom is -0.350 e. The van der Waals surface area contributed by atoms with E-state index in [1.807, 2.05) is 54.6 Å². The van der Waals surface area contributed by atoms with Crippen molar-refractivity contribution in [3.63, 3.8) is 0 Å². The molecule has 3 aromatic carbocycles. The zero-order chi connectivity index (χ0) is 22.8. The molecule has 4 aromatic rings. The maximum absolute atomic E-state index is 13.5. The molecule has 0 spiro atoms. The number of imidazole rings is 1. The molecule has 1 aromatic heterocycles. The summed E-state index contributed by atoms with van der Waals surface area (Å²) in [5, 5.41) is 5.07. The van der Waals surface area contributed by atoms with E-state index in [1.165, 1.54) is 5.06 Å². The fraction of sp³-hybridized carbons (Fsp3) is 0.0833. The molecule has 1 atom stereocenters. The molecule has 1 unspecified atom stereocenters. The Labute approximate surface area is 203 Å². The smallest absolute Gasteiger partial charge is 0.250 e. The fourth-order valence-electron chi connectivity index (χ4n) is 3.65. The number of amides is 1. The van der Waals surface area contributed by atoms with Gasteiger partial charge in [-0.1, -0.05) is 59.1 Å². The maximum atomic E-state index is 13.5. The summed E-state index contributed by atoms with van der Waals surface area (Å²) in [5.74, 6) is 0.266. The van der Waals surface area contributed by atoms with E-state index in [9.17, 15) is 4.79 Å². The highest BCUT2D eigenvalue weighted by molar-refractivity contribution is 9.10. The minimum absolute atomic E-state index is 0.253. The molecule has 0 fully saturated rings. The zero-order valence-corrected chi connectivity index (χ0v) is 19.5. The van der Waals surface area contributed by atoms with Gasteiger partial charge in [-0.15, -0.1) is 0 Å². The highest BCUT2D eigenvalue weighted by Crippen LogP contribution is 2.45. The Bertz CT molecular complexity index is 1280. The lowest BCUT2D eigenvalue weighted by Gasteiger charge is -2.26. The molecule has 7 nitrogen and oxygen atoms in total. The van der Waals surface area contributed by atoms with E-state index in [-0.39, 0.29) is 5.91 Å². The second-order valence-corrected chi connectivity index (χ2v) is 8.70. The molecule has 1 amide bonds. The van der Waals surface area contributed by atoms with Crippen LogP contribution in [0.4, 0.5) is 5.69 Å². The molecule has 166 valence electrons. The molecule has 0 aliphatic carbocycles. The minimum atomic E-state index is -0.806. The van der Waals surface area contributed by atoms with E-state index in [0.29, 0.717) is 23.0 Å². The van der Waals surface area contributed by atoms with E-state index in [4.69, 9.17) is 21.5 Å². The molecular formula is C24H18BrClN4O3. The van der Waals surface area contributed by atoms with Crippen LogP contribution in [-0.2, 0) is 16.3 Å². The molecule has 0 bridgehead atoms. The SMILES string of the molecule is O=C(NCc1cccc(Cl)c1)C(c1ccc(-c2cnc[nH]2)cc1)N1OOc2cccc(Br)c21. The van der Waals surface area contributed by atoms with Gasteiger partial charge in [-0.25, -0.2) is 4.98 Å². The second kappa shape index (κ2) is 9.27.